The number of nitrogens with one attached hydrogen (secondary N) is 1. The quantitative estimate of drug-likeness (QED) is 0.911. The third-order valence-electron chi connectivity index (χ3n) is 3.57. The Bertz CT molecular complexity index is 516. The number of anilines is 1. The Labute approximate surface area is 119 Å². The van der Waals surface area contributed by atoms with Crippen LogP contribution < -0.4 is 10.2 Å². The van der Waals surface area contributed by atoms with Gasteiger partial charge in [0.25, 0.3) is 0 Å². The second kappa shape index (κ2) is 6.03. The Hall–Kier alpha value is -1.91. The summed E-state index contributed by atoms with van der Waals surface area (Å²) in [6, 6.07) is 1.03. The fourth-order valence-electron chi connectivity index (χ4n) is 2.60. The van der Waals surface area contributed by atoms with Gasteiger partial charge >= 0.3 is 0 Å². The van der Waals surface area contributed by atoms with E-state index in [1.54, 1.807) is 17.3 Å². The zero-order valence-electron chi connectivity index (χ0n) is 12.2. The van der Waals surface area contributed by atoms with Gasteiger partial charge in [0.15, 0.2) is 0 Å². The van der Waals surface area contributed by atoms with Crippen molar-refractivity contribution in [3.05, 3.63) is 24.0 Å². The first-order chi connectivity index (χ1) is 9.58. The molecule has 0 aliphatic carbocycles. The van der Waals surface area contributed by atoms with Crippen LogP contribution in [0.3, 0.4) is 0 Å². The van der Waals surface area contributed by atoms with E-state index in [1.807, 2.05) is 26.8 Å². The Balaban J connectivity index is 2.38. The highest BCUT2D eigenvalue weighted by Crippen LogP contribution is 2.24. The van der Waals surface area contributed by atoms with Crippen LogP contribution >= 0.6 is 0 Å². The van der Waals surface area contributed by atoms with Crippen molar-refractivity contribution in [1.82, 2.24) is 10.3 Å². The highest BCUT2D eigenvalue weighted by molar-refractivity contribution is 6.08. The number of carbonyl (C=O) groups is 2. The van der Waals surface area contributed by atoms with Gasteiger partial charge in [0.1, 0.15) is 12.1 Å². The minimum absolute atomic E-state index is 0.0364. The molecule has 108 valence electrons. The summed E-state index contributed by atoms with van der Waals surface area (Å²) >= 11 is 0. The van der Waals surface area contributed by atoms with Gasteiger partial charge in [-0.15, -0.1) is 0 Å². The van der Waals surface area contributed by atoms with Crippen LogP contribution in [0, 0.1) is 6.92 Å². The van der Waals surface area contributed by atoms with Gasteiger partial charge in [-0.3, -0.25) is 19.5 Å². The number of rotatable bonds is 4. The number of aromatic nitrogens is 1. The molecule has 1 aromatic heterocycles. The maximum absolute atomic E-state index is 12.6. The molecule has 1 fully saturated rings. The van der Waals surface area contributed by atoms with Crippen LogP contribution in [-0.4, -0.2) is 28.9 Å². The smallest absolute Gasteiger partial charge is 0.250 e. The molecule has 2 rings (SSSR count). The van der Waals surface area contributed by atoms with E-state index in [0.29, 0.717) is 18.5 Å². The van der Waals surface area contributed by atoms with Gasteiger partial charge in [-0.2, -0.15) is 0 Å². The van der Waals surface area contributed by atoms with Crippen molar-refractivity contribution in [2.24, 2.45) is 0 Å². The van der Waals surface area contributed by atoms with Crippen molar-refractivity contribution >= 4 is 17.5 Å². The third-order valence-corrected chi connectivity index (χ3v) is 3.57. The lowest BCUT2D eigenvalue weighted by molar-refractivity contribution is -0.134. The Morgan fingerprint density at radius 3 is 2.65 bits per heavy atom. The highest BCUT2D eigenvalue weighted by atomic mass is 16.2. The van der Waals surface area contributed by atoms with Gasteiger partial charge in [-0.1, -0.05) is 20.3 Å². The number of nitrogens with zero attached hydrogens (tertiary/aromatic N) is 2. The molecule has 2 amide bonds. The monoisotopic (exact) mass is 275 g/mol. The molecule has 20 heavy (non-hydrogen) atoms. The number of hydrogen-bond acceptors (Lipinski definition) is 3. The molecule has 0 aromatic carbocycles. The minimum Gasteiger partial charge on any atom is -0.342 e. The number of carbonyl (C=O) groups excluding carboxylic acids is 2. The van der Waals surface area contributed by atoms with Gasteiger partial charge in [0.2, 0.25) is 11.8 Å². The van der Waals surface area contributed by atoms with E-state index in [9.17, 15) is 9.59 Å². The van der Waals surface area contributed by atoms with Crippen LogP contribution in [0.5, 0.6) is 0 Å². The molecule has 0 saturated carbocycles. The molecule has 1 aliphatic rings. The summed E-state index contributed by atoms with van der Waals surface area (Å²) in [5.41, 5.74) is 1.68. The van der Waals surface area contributed by atoms with Crippen molar-refractivity contribution in [3.8, 4) is 0 Å². The van der Waals surface area contributed by atoms with Crippen LogP contribution in [0.25, 0.3) is 0 Å². The predicted octanol–water partition coefficient (Wildman–Crippen LogP) is 1.80. The Kier molecular flexibility index (Phi) is 4.37. The van der Waals surface area contributed by atoms with Crippen LogP contribution in [0.4, 0.5) is 5.69 Å². The zero-order valence-corrected chi connectivity index (χ0v) is 12.2. The molecule has 1 saturated heterocycles. The number of hydrogen-bond donors (Lipinski definition) is 1. The molecule has 2 heterocycles. The lowest BCUT2D eigenvalue weighted by Gasteiger charge is -2.38. The lowest BCUT2D eigenvalue weighted by atomic mass is 10.0. The largest absolute Gasteiger partial charge is 0.342 e. The summed E-state index contributed by atoms with van der Waals surface area (Å²) in [7, 11) is 0. The number of piperazine rings is 1. The first-order valence-electron chi connectivity index (χ1n) is 7.13. The fourth-order valence-corrected chi connectivity index (χ4v) is 2.60. The van der Waals surface area contributed by atoms with Crippen molar-refractivity contribution in [2.45, 2.75) is 52.1 Å². The second-order valence-corrected chi connectivity index (χ2v) is 5.20. The summed E-state index contributed by atoms with van der Waals surface area (Å²) in [6.07, 6.45) is 5.49. The number of amides is 2. The SMILES string of the molecule is CCCC1NC(=O)C(CC)N(c2cncc(C)c2)C1=O. The lowest BCUT2D eigenvalue weighted by Crippen LogP contribution is -2.63. The first kappa shape index (κ1) is 14.5. The molecular weight excluding hydrogens is 254 g/mol. The highest BCUT2D eigenvalue weighted by Gasteiger charge is 2.40. The summed E-state index contributed by atoms with van der Waals surface area (Å²) in [4.78, 5) is 30.6. The van der Waals surface area contributed by atoms with Gasteiger partial charge in [-0.05, 0) is 31.4 Å². The van der Waals surface area contributed by atoms with Crippen molar-refractivity contribution < 1.29 is 9.59 Å². The van der Waals surface area contributed by atoms with Gasteiger partial charge in [0, 0.05) is 6.20 Å². The molecule has 0 bridgehead atoms. The van der Waals surface area contributed by atoms with E-state index in [2.05, 4.69) is 10.3 Å². The summed E-state index contributed by atoms with van der Waals surface area (Å²) in [5, 5.41) is 2.83. The van der Waals surface area contributed by atoms with Crippen LogP contribution in [0.2, 0.25) is 0 Å². The minimum atomic E-state index is -0.445. The molecular formula is C15H21N3O2. The van der Waals surface area contributed by atoms with Gasteiger partial charge < -0.3 is 5.32 Å². The van der Waals surface area contributed by atoms with E-state index in [-0.39, 0.29) is 11.8 Å². The van der Waals surface area contributed by atoms with E-state index >= 15 is 0 Å². The van der Waals surface area contributed by atoms with Crippen molar-refractivity contribution in [1.29, 1.82) is 0 Å². The van der Waals surface area contributed by atoms with Crippen LogP contribution in [-0.2, 0) is 9.59 Å². The third kappa shape index (κ3) is 2.66. The fraction of sp³-hybridized carbons (Fsp3) is 0.533. The van der Waals surface area contributed by atoms with E-state index in [0.717, 1.165) is 12.0 Å². The predicted molar refractivity (Wildman–Crippen MR) is 77.4 cm³/mol. The van der Waals surface area contributed by atoms with E-state index < -0.39 is 12.1 Å². The molecule has 1 N–H and O–H groups in total. The van der Waals surface area contributed by atoms with Gasteiger partial charge in [-0.25, -0.2) is 0 Å². The average molecular weight is 275 g/mol. The normalized spacial score (nSPS) is 22.9. The van der Waals surface area contributed by atoms with Crippen LogP contribution in [0.15, 0.2) is 18.5 Å². The first-order valence-corrected chi connectivity index (χ1v) is 7.13. The molecule has 1 aromatic rings. The standard InChI is InChI=1S/C15H21N3O2/c1-4-6-12-15(20)18(13(5-2)14(19)17-12)11-7-10(3)8-16-9-11/h7-9,12-13H,4-6H2,1-3H3,(H,17,19). The summed E-state index contributed by atoms with van der Waals surface area (Å²) in [5.74, 6) is -0.113. The molecule has 0 spiro atoms. The molecule has 1 aliphatic heterocycles. The Morgan fingerprint density at radius 1 is 1.30 bits per heavy atom. The zero-order chi connectivity index (χ0) is 14.7. The van der Waals surface area contributed by atoms with E-state index in [1.165, 1.54) is 0 Å². The van der Waals surface area contributed by atoms with Crippen molar-refractivity contribution in [3.63, 3.8) is 0 Å². The average Bonchev–Trinajstić information content (AvgIpc) is 2.42. The van der Waals surface area contributed by atoms with Crippen molar-refractivity contribution in [2.75, 3.05) is 4.90 Å². The number of pyridine rings is 1. The Morgan fingerprint density at radius 2 is 2.05 bits per heavy atom. The molecule has 2 unspecified atom stereocenters. The van der Waals surface area contributed by atoms with Crippen LogP contribution in [0.1, 0.15) is 38.7 Å². The van der Waals surface area contributed by atoms with E-state index in [4.69, 9.17) is 0 Å². The number of aryl methyl sites for hydroxylation is 1. The maximum Gasteiger partial charge on any atom is 0.250 e. The molecule has 5 heteroatoms. The summed E-state index contributed by atoms with van der Waals surface area (Å²) in [6.45, 7) is 5.84. The molecule has 5 nitrogen and oxygen atoms in total. The van der Waals surface area contributed by atoms with Gasteiger partial charge in [0.05, 0.1) is 11.9 Å². The maximum atomic E-state index is 12.6. The molecule has 2 atom stereocenters. The summed E-state index contributed by atoms with van der Waals surface area (Å²) < 4.78 is 0. The topological polar surface area (TPSA) is 62.3 Å². The second-order valence-electron chi connectivity index (χ2n) is 5.20. The molecule has 0 radical (unpaired) electrons.